The fraction of sp³-hybridized carbons (Fsp3) is 0.500. The number of nitrogens with one attached hydrogen (secondary N) is 1. The number of nitrogens with zero attached hydrogens (tertiary/aromatic N) is 3. The van der Waals surface area contributed by atoms with Crippen molar-refractivity contribution in [2.24, 2.45) is 7.05 Å². The van der Waals surface area contributed by atoms with E-state index in [1.807, 2.05) is 13.8 Å². The van der Waals surface area contributed by atoms with Crippen LogP contribution in [0, 0.1) is 13.8 Å². The van der Waals surface area contributed by atoms with Gasteiger partial charge in [-0.1, -0.05) is 0 Å². The molecule has 146 valence electrons. The van der Waals surface area contributed by atoms with Crippen molar-refractivity contribution in [2.45, 2.75) is 33.1 Å². The van der Waals surface area contributed by atoms with Crippen LogP contribution in [0.1, 0.15) is 40.9 Å². The summed E-state index contributed by atoms with van der Waals surface area (Å²) in [4.78, 5) is 38.0. The monoisotopic (exact) mass is 376 g/mol. The molecule has 0 unspecified atom stereocenters. The summed E-state index contributed by atoms with van der Waals surface area (Å²) in [5.74, 6) is -2.57. The van der Waals surface area contributed by atoms with Gasteiger partial charge in [0, 0.05) is 25.7 Å². The van der Waals surface area contributed by atoms with Crippen LogP contribution in [0.25, 0.3) is 5.52 Å². The van der Waals surface area contributed by atoms with Crippen molar-refractivity contribution in [1.82, 2.24) is 14.5 Å². The van der Waals surface area contributed by atoms with Gasteiger partial charge in [0.15, 0.2) is 5.75 Å². The highest BCUT2D eigenvalue weighted by Gasteiger charge is 2.28. The number of aromatic hydroxyl groups is 1. The Balaban J connectivity index is 2.21. The molecule has 0 atom stereocenters. The molecule has 1 saturated heterocycles. The molecule has 27 heavy (non-hydrogen) atoms. The Kier molecular flexibility index (Phi) is 4.86. The number of carboxylic acid groups (broad SMARTS) is 1. The first kappa shape index (κ1) is 18.8. The number of hydrogen-bond acceptors (Lipinski definition) is 5. The van der Waals surface area contributed by atoms with Crippen molar-refractivity contribution in [3.8, 4) is 5.75 Å². The lowest BCUT2D eigenvalue weighted by molar-refractivity contribution is -0.135. The molecule has 3 N–H and O–H groups in total. The first-order valence-electron chi connectivity index (χ1n) is 8.94. The third-order valence-corrected chi connectivity index (χ3v) is 5.15. The van der Waals surface area contributed by atoms with E-state index in [1.165, 1.54) is 18.2 Å². The average Bonchev–Trinajstić information content (AvgIpc) is 2.90. The van der Waals surface area contributed by atoms with Crippen LogP contribution in [-0.4, -0.2) is 50.9 Å². The third-order valence-electron chi connectivity index (χ3n) is 5.15. The number of piperidine rings is 1. The van der Waals surface area contributed by atoms with Crippen LogP contribution in [-0.2, 0) is 11.8 Å². The van der Waals surface area contributed by atoms with Crippen molar-refractivity contribution >= 4 is 23.1 Å². The Labute approximate surface area is 155 Å². The standard InChI is InChI=1S/C18H24N4O5/c1-10-14(21-7-5-4-6-8-21)11(2)22-15(10)16(25)13(18(27)20(22)3)17(26)19-9-12(23)24/h25H,4-9H2,1-3H3,(H,19,26)(H,23,24). The van der Waals surface area contributed by atoms with E-state index in [2.05, 4.69) is 10.2 Å². The number of amides is 1. The van der Waals surface area contributed by atoms with Gasteiger partial charge in [0.05, 0.1) is 11.4 Å². The van der Waals surface area contributed by atoms with Gasteiger partial charge in [-0.3, -0.25) is 14.4 Å². The number of fused-ring (bicyclic) bond motifs is 1. The number of carboxylic acids is 1. The number of carbonyl (C=O) groups is 2. The van der Waals surface area contributed by atoms with Gasteiger partial charge in [-0.15, -0.1) is 0 Å². The number of carbonyl (C=O) groups excluding carboxylic acids is 1. The number of aromatic nitrogens is 2. The maximum atomic E-state index is 12.7. The molecule has 0 spiro atoms. The van der Waals surface area contributed by atoms with Gasteiger partial charge in [-0.2, -0.15) is 0 Å². The summed E-state index contributed by atoms with van der Waals surface area (Å²) >= 11 is 0. The van der Waals surface area contributed by atoms with Crippen molar-refractivity contribution in [1.29, 1.82) is 0 Å². The zero-order valence-electron chi connectivity index (χ0n) is 15.7. The second-order valence-electron chi connectivity index (χ2n) is 6.90. The van der Waals surface area contributed by atoms with Crippen LogP contribution in [0.3, 0.4) is 0 Å². The molecular formula is C18H24N4O5. The number of anilines is 1. The Hall–Kier alpha value is -2.97. The van der Waals surface area contributed by atoms with Crippen molar-refractivity contribution < 1.29 is 19.8 Å². The number of rotatable bonds is 4. The largest absolute Gasteiger partial charge is 0.505 e. The second-order valence-corrected chi connectivity index (χ2v) is 6.90. The smallest absolute Gasteiger partial charge is 0.322 e. The molecule has 2 aromatic heterocycles. The lowest BCUT2D eigenvalue weighted by atomic mass is 10.1. The Morgan fingerprint density at radius 2 is 1.78 bits per heavy atom. The summed E-state index contributed by atoms with van der Waals surface area (Å²) in [6.45, 7) is 4.91. The van der Waals surface area contributed by atoms with E-state index in [0.717, 1.165) is 42.9 Å². The Morgan fingerprint density at radius 3 is 2.37 bits per heavy atom. The van der Waals surface area contributed by atoms with Crippen LogP contribution >= 0.6 is 0 Å². The summed E-state index contributed by atoms with van der Waals surface area (Å²) in [5, 5.41) is 21.6. The van der Waals surface area contributed by atoms with Gasteiger partial charge in [-0.05, 0) is 33.1 Å². The highest BCUT2D eigenvalue weighted by atomic mass is 16.4. The molecule has 0 aromatic carbocycles. The molecule has 1 amide bonds. The SMILES string of the molecule is Cc1c(N2CCCCC2)c(C)n2c1c(O)c(C(=O)NCC(=O)O)c(=O)n2C. The summed E-state index contributed by atoms with van der Waals surface area (Å²) in [6, 6.07) is 0. The molecule has 9 heteroatoms. The number of aryl methyl sites for hydroxylation is 3. The number of hydrogen-bond donors (Lipinski definition) is 3. The van der Waals surface area contributed by atoms with E-state index in [1.54, 1.807) is 4.52 Å². The molecule has 2 aromatic rings. The van der Waals surface area contributed by atoms with E-state index in [-0.39, 0.29) is 0 Å². The van der Waals surface area contributed by atoms with Gasteiger partial charge in [0.2, 0.25) is 0 Å². The summed E-state index contributed by atoms with van der Waals surface area (Å²) in [7, 11) is 1.52. The lowest BCUT2D eigenvalue weighted by Gasteiger charge is -2.29. The Morgan fingerprint density at radius 1 is 1.15 bits per heavy atom. The normalized spacial score (nSPS) is 14.6. The molecule has 3 heterocycles. The number of aliphatic carboxylic acids is 1. The maximum absolute atomic E-state index is 12.7. The molecule has 0 aliphatic carbocycles. The Bertz CT molecular complexity index is 982. The minimum Gasteiger partial charge on any atom is -0.505 e. The molecule has 1 fully saturated rings. The fourth-order valence-electron chi connectivity index (χ4n) is 3.97. The van der Waals surface area contributed by atoms with E-state index in [0.29, 0.717) is 5.52 Å². The second kappa shape index (κ2) is 6.98. The molecule has 0 saturated carbocycles. The quantitative estimate of drug-likeness (QED) is 0.726. The van der Waals surface area contributed by atoms with E-state index in [4.69, 9.17) is 5.11 Å². The third kappa shape index (κ3) is 3.02. The van der Waals surface area contributed by atoms with Crippen LogP contribution in [0.5, 0.6) is 5.75 Å². The molecule has 0 radical (unpaired) electrons. The minimum atomic E-state index is -1.23. The molecule has 1 aliphatic rings. The van der Waals surface area contributed by atoms with Crippen LogP contribution in [0.15, 0.2) is 4.79 Å². The minimum absolute atomic E-state index is 0.385. The molecule has 1 aliphatic heterocycles. The maximum Gasteiger partial charge on any atom is 0.322 e. The van der Waals surface area contributed by atoms with E-state index < -0.39 is 35.3 Å². The van der Waals surface area contributed by atoms with Gasteiger partial charge in [0.1, 0.15) is 17.6 Å². The first-order valence-corrected chi connectivity index (χ1v) is 8.94. The molecule has 0 bridgehead atoms. The summed E-state index contributed by atoms with van der Waals surface area (Å²) in [6.07, 6.45) is 3.34. The van der Waals surface area contributed by atoms with Gasteiger partial charge in [-0.25, -0.2) is 9.20 Å². The topological polar surface area (TPSA) is 116 Å². The summed E-state index contributed by atoms with van der Waals surface area (Å²) < 4.78 is 2.89. The predicted octanol–water partition coefficient (Wildman–Crippen LogP) is 0.765. The van der Waals surface area contributed by atoms with Crippen LogP contribution in [0.2, 0.25) is 0 Å². The highest BCUT2D eigenvalue weighted by Crippen LogP contribution is 2.36. The van der Waals surface area contributed by atoms with Gasteiger partial charge >= 0.3 is 5.97 Å². The van der Waals surface area contributed by atoms with Gasteiger partial charge < -0.3 is 20.4 Å². The molecule has 3 rings (SSSR count). The first-order chi connectivity index (χ1) is 12.8. The van der Waals surface area contributed by atoms with Crippen LogP contribution < -0.4 is 15.8 Å². The lowest BCUT2D eigenvalue weighted by Crippen LogP contribution is -2.36. The highest BCUT2D eigenvalue weighted by molar-refractivity contribution is 6.00. The van der Waals surface area contributed by atoms with Crippen molar-refractivity contribution in [3.05, 3.63) is 27.2 Å². The van der Waals surface area contributed by atoms with E-state index in [9.17, 15) is 19.5 Å². The zero-order chi connectivity index (χ0) is 19.9. The van der Waals surface area contributed by atoms with Crippen LogP contribution in [0.4, 0.5) is 5.69 Å². The molecule has 9 nitrogen and oxygen atoms in total. The molecular weight excluding hydrogens is 352 g/mol. The summed E-state index contributed by atoms with van der Waals surface area (Å²) in [5.41, 5.74) is 1.81. The van der Waals surface area contributed by atoms with E-state index >= 15 is 0 Å². The predicted molar refractivity (Wildman–Crippen MR) is 99.8 cm³/mol. The van der Waals surface area contributed by atoms with Crippen molar-refractivity contribution in [3.63, 3.8) is 0 Å². The van der Waals surface area contributed by atoms with Gasteiger partial charge in [0.25, 0.3) is 11.5 Å². The average molecular weight is 376 g/mol. The zero-order valence-corrected chi connectivity index (χ0v) is 15.7. The van der Waals surface area contributed by atoms with Crippen molar-refractivity contribution in [2.75, 3.05) is 24.5 Å². The fourth-order valence-corrected chi connectivity index (χ4v) is 3.97.